The normalized spacial score (nSPS) is 17.3. The summed E-state index contributed by atoms with van der Waals surface area (Å²) in [6.45, 7) is 8.81. The second-order valence-electron chi connectivity index (χ2n) is 13.1. The molecule has 2 aromatic carbocycles. The molecule has 2 unspecified atom stereocenters. The number of amides is 2. The van der Waals surface area contributed by atoms with Gasteiger partial charge in [0.1, 0.15) is 23.5 Å². The quantitative estimate of drug-likeness (QED) is 0.0889. The van der Waals surface area contributed by atoms with Gasteiger partial charge in [-0.05, 0) is 48.1 Å². The Kier molecular flexibility index (Phi) is 13.4. The van der Waals surface area contributed by atoms with Crippen molar-refractivity contribution in [3.05, 3.63) is 82.4 Å². The lowest BCUT2D eigenvalue weighted by molar-refractivity contribution is -0.167. The molecule has 274 valence electrons. The molecule has 2 aliphatic rings. The Balaban J connectivity index is 0.000000388. The fourth-order valence-corrected chi connectivity index (χ4v) is 4.87. The molecular weight excluding hydrogens is 694 g/mol. The highest BCUT2D eigenvalue weighted by Gasteiger charge is 2.63. The highest BCUT2D eigenvalue weighted by molar-refractivity contribution is 6.34. The van der Waals surface area contributed by atoms with E-state index in [1.54, 1.807) is 48.0 Å². The smallest absolute Gasteiger partial charge is 0.383 e. The maximum Gasteiger partial charge on any atom is 0.411 e. The number of nitrogens with two attached hydrogens (primary N) is 2. The molecule has 51 heavy (non-hydrogen) atoms. The van der Waals surface area contributed by atoms with Crippen molar-refractivity contribution >= 4 is 42.1 Å². The number of alkyl halides is 3. The molecular formula is C34H40ClF4N9O3. The first kappa shape index (κ1) is 40.5. The van der Waals surface area contributed by atoms with E-state index in [1.165, 1.54) is 24.1 Å². The van der Waals surface area contributed by atoms with Crippen LogP contribution in [0.3, 0.4) is 0 Å². The number of halogens is 5. The molecule has 0 bridgehead atoms. The molecule has 0 radical (unpaired) electrons. The number of aliphatic imine (C=N–C) groups is 2. The summed E-state index contributed by atoms with van der Waals surface area (Å²) in [5.41, 5.74) is 12.2. The predicted molar refractivity (Wildman–Crippen MR) is 187 cm³/mol. The molecule has 3 aromatic rings. The summed E-state index contributed by atoms with van der Waals surface area (Å²) in [5, 5.41) is 9.23. The third-order valence-electron chi connectivity index (χ3n) is 7.22. The summed E-state index contributed by atoms with van der Waals surface area (Å²) >= 11 is 6.26. The fraction of sp³-hybridized carbons (Fsp3) is 0.382. The Morgan fingerprint density at radius 1 is 1.18 bits per heavy atom. The fourth-order valence-electron chi connectivity index (χ4n) is 4.66. The first-order valence-electron chi connectivity index (χ1n) is 15.5. The lowest BCUT2D eigenvalue weighted by atomic mass is 10.0. The number of ether oxygens (including phenoxy) is 1. The van der Waals surface area contributed by atoms with Crippen LogP contribution in [0, 0.1) is 16.6 Å². The number of carbonyl (C=O) groups excluding carboxylic acids is 2. The van der Waals surface area contributed by atoms with Gasteiger partial charge in [-0.1, -0.05) is 57.5 Å². The minimum atomic E-state index is -4.28. The first-order chi connectivity index (χ1) is 23.9. The van der Waals surface area contributed by atoms with Gasteiger partial charge in [-0.2, -0.15) is 13.2 Å². The number of guanidine groups is 1. The highest BCUT2D eigenvalue weighted by atomic mass is 35.5. The third kappa shape index (κ3) is 10.5. The molecule has 17 heteroatoms. The van der Waals surface area contributed by atoms with Crippen molar-refractivity contribution < 1.29 is 31.9 Å². The molecule has 0 spiro atoms. The van der Waals surface area contributed by atoms with Crippen molar-refractivity contribution in [3.8, 4) is 11.4 Å². The van der Waals surface area contributed by atoms with Gasteiger partial charge < -0.3 is 21.5 Å². The van der Waals surface area contributed by atoms with Crippen LogP contribution in [-0.2, 0) is 14.3 Å². The van der Waals surface area contributed by atoms with Gasteiger partial charge in [0.2, 0.25) is 6.41 Å². The summed E-state index contributed by atoms with van der Waals surface area (Å²) in [5.74, 6) is -0.849. The lowest BCUT2D eigenvalue weighted by Crippen LogP contribution is -2.44. The highest BCUT2D eigenvalue weighted by Crippen LogP contribution is 2.48. The van der Waals surface area contributed by atoms with E-state index in [0.29, 0.717) is 33.0 Å². The van der Waals surface area contributed by atoms with Crippen LogP contribution in [0.5, 0.6) is 0 Å². The van der Waals surface area contributed by atoms with Crippen molar-refractivity contribution in [1.82, 2.24) is 20.2 Å². The number of aromatic nitrogens is 2. The molecule has 1 aliphatic carbocycles. The maximum atomic E-state index is 15.1. The monoisotopic (exact) mass is 733 g/mol. The van der Waals surface area contributed by atoms with Crippen molar-refractivity contribution in [2.24, 2.45) is 26.9 Å². The number of nitrogens with one attached hydrogen (secondary N) is 2. The van der Waals surface area contributed by atoms with Crippen molar-refractivity contribution in [2.45, 2.75) is 64.3 Å². The van der Waals surface area contributed by atoms with E-state index in [0.717, 1.165) is 6.34 Å². The van der Waals surface area contributed by atoms with Crippen LogP contribution < -0.4 is 16.8 Å². The molecule has 2 heterocycles. The zero-order chi connectivity index (χ0) is 38.1. The van der Waals surface area contributed by atoms with E-state index in [1.807, 2.05) is 0 Å². The molecule has 1 saturated carbocycles. The molecule has 2 atom stereocenters. The van der Waals surface area contributed by atoms with Crippen LogP contribution in [0.2, 0.25) is 5.02 Å². The number of amidine groups is 1. The summed E-state index contributed by atoms with van der Waals surface area (Å²) in [4.78, 5) is 40.7. The number of nitrogens with zero attached hydrogens (tertiary/aromatic N) is 5. The minimum Gasteiger partial charge on any atom is -0.383 e. The molecule has 12 nitrogen and oxygen atoms in total. The van der Waals surface area contributed by atoms with Crippen LogP contribution in [0.1, 0.15) is 69.3 Å². The average molecular weight is 734 g/mol. The second-order valence-corrected chi connectivity index (χ2v) is 13.5. The van der Waals surface area contributed by atoms with Crippen LogP contribution >= 0.6 is 11.6 Å². The largest absolute Gasteiger partial charge is 0.411 e. The van der Waals surface area contributed by atoms with Crippen LogP contribution in [0.15, 0.2) is 64.8 Å². The van der Waals surface area contributed by atoms with Gasteiger partial charge in [0.25, 0.3) is 5.91 Å². The Bertz CT molecular complexity index is 1760. The molecule has 1 aliphatic heterocycles. The zero-order valence-corrected chi connectivity index (χ0v) is 29.4. The minimum absolute atomic E-state index is 0.00917. The standard InChI is InChI=1S/C24H22ClFN8O2.C5H6F3NO.C5H12/c1-36-11-19(13-4-6-17(25)16(9-13)21(28)32-12-27)34-23(35)20(33-24(34)29)15-5-3-14(10-18(15)26)22-30-7-2-8-31-22;6-5(7,8)4(1-2-4)9-3-10;1-5(2,3)4/h2-10,12,19-20H,11H2,1H3,(H2,29,33)(H3,27,28,32);3H,1-2H2,(H,9,10);1-4H3. The molecule has 5 rings (SSSR count). The van der Waals surface area contributed by atoms with E-state index in [4.69, 9.17) is 33.2 Å². The Labute approximate surface area is 297 Å². The second kappa shape index (κ2) is 16.8. The SMILES string of the molecule is CC(C)(C)C.COCC(c1ccc(Cl)c(C(N)=NC=N)c1)N1C(=O)C(c2ccc(-c3ncccn3)cc2F)N=C1N.O=CNC1(C(F)(F)F)CC1. The number of carbonyl (C=O) groups is 2. The summed E-state index contributed by atoms with van der Waals surface area (Å²) in [7, 11) is 1.48. The molecule has 1 fully saturated rings. The zero-order valence-electron chi connectivity index (χ0n) is 28.6. The number of rotatable bonds is 10. The van der Waals surface area contributed by atoms with Crippen molar-refractivity contribution in [1.29, 1.82) is 5.41 Å². The van der Waals surface area contributed by atoms with Crippen LogP contribution in [0.25, 0.3) is 11.4 Å². The van der Waals surface area contributed by atoms with E-state index in [2.05, 4.69) is 47.6 Å². The molecule has 0 saturated heterocycles. The first-order valence-corrected chi connectivity index (χ1v) is 15.9. The summed E-state index contributed by atoms with van der Waals surface area (Å²) < 4.78 is 56.1. The van der Waals surface area contributed by atoms with Crippen LogP contribution in [-0.4, -0.2) is 70.8 Å². The molecule has 2 amide bonds. The lowest BCUT2D eigenvalue weighted by Gasteiger charge is -2.28. The van der Waals surface area contributed by atoms with Gasteiger partial charge in [-0.3, -0.25) is 19.9 Å². The number of hydrogen-bond donors (Lipinski definition) is 4. The molecule has 1 aromatic heterocycles. The Morgan fingerprint density at radius 2 is 1.80 bits per heavy atom. The summed E-state index contributed by atoms with van der Waals surface area (Å²) in [6, 6.07) is 9.06. The van der Waals surface area contributed by atoms with Gasteiger partial charge >= 0.3 is 6.18 Å². The van der Waals surface area contributed by atoms with E-state index >= 15 is 4.39 Å². The van der Waals surface area contributed by atoms with Crippen molar-refractivity contribution in [2.75, 3.05) is 13.7 Å². The van der Waals surface area contributed by atoms with E-state index in [-0.39, 0.29) is 43.2 Å². The number of hydrogen-bond acceptors (Lipinski definition) is 8. The van der Waals surface area contributed by atoms with Gasteiger partial charge in [0.05, 0.1) is 17.7 Å². The van der Waals surface area contributed by atoms with Crippen molar-refractivity contribution in [3.63, 3.8) is 0 Å². The third-order valence-corrected chi connectivity index (χ3v) is 7.55. The Hall–Kier alpha value is -4.96. The van der Waals surface area contributed by atoms with Gasteiger partial charge in [-0.25, -0.2) is 24.3 Å². The topological polar surface area (TPSA) is 185 Å². The number of benzene rings is 2. The average Bonchev–Trinajstić information content (AvgIpc) is 3.79. The number of methoxy groups -OCH3 is 1. The molecule has 6 N–H and O–H groups in total. The van der Waals surface area contributed by atoms with Crippen LogP contribution in [0.4, 0.5) is 17.6 Å². The van der Waals surface area contributed by atoms with Gasteiger partial charge in [-0.15, -0.1) is 0 Å². The van der Waals surface area contributed by atoms with Gasteiger partial charge in [0.15, 0.2) is 17.8 Å². The van der Waals surface area contributed by atoms with E-state index < -0.39 is 35.5 Å². The Morgan fingerprint density at radius 3 is 2.29 bits per heavy atom. The van der Waals surface area contributed by atoms with E-state index in [9.17, 15) is 22.8 Å². The van der Waals surface area contributed by atoms with Gasteiger partial charge in [0, 0.05) is 36.2 Å². The maximum absolute atomic E-state index is 15.1. The summed E-state index contributed by atoms with van der Waals surface area (Å²) in [6.07, 6.45) is -0.257. The predicted octanol–water partition coefficient (Wildman–Crippen LogP) is 5.71.